The highest BCUT2D eigenvalue weighted by molar-refractivity contribution is 7.15. The molecule has 1 heterocycles. The van der Waals surface area contributed by atoms with E-state index in [1.54, 1.807) is 11.3 Å². The zero-order valence-corrected chi connectivity index (χ0v) is 8.25. The fourth-order valence-corrected chi connectivity index (χ4v) is 2.01. The topological polar surface area (TPSA) is 38.9 Å². The number of hydrogen-bond acceptors (Lipinski definition) is 3. The Balaban J connectivity index is 3.13. The second-order valence-corrected chi connectivity index (χ2v) is 4.94. The summed E-state index contributed by atoms with van der Waals surface area (Å²) in [6, 6.07) is 0. The van der Waals surface area contributed by atoms with Gasteiger partial charge in [-0.05, 0) is 6.92 Å². The Labute approximate surface area is 71.5 Å². The molecular formula is C8H14N2S. The van der Waals surface area contributed by atoms with Crippen molar-refractivity contribution in [1.29, 1.82) is 0 Å². The molecule has 0 radical (unpaired) electrons. The Bertz CT molecular complexity index is 258. The van der Waals surface area contributed by atoms with E-state index in [1.165, 1.54) is 4.88 Å². The quantitative estimate of drug-likeness (QED) is 0.649. The number of aryl methyl sites for hydroxylation is 1. The average molecular weight is 170 g/mol. The first-order chi connectivity index (χ1) is 4.91. The molecular weight excluding hydrogens is 156 g/mol. The number of nitrogens with zero attached hydrogens (tertiary/aromatic N) is 1. The van der Waals surface area contributed by atoms with Crippen LogP contribution in [0.4, 0.5) is 5.13 Å². The third-order valence-corrected chi connectivity index (χ3v) is 2.32. The van der Waals surface area contributed by atoms with Gasteiger partial charge in [0.05, 0.1) is 5.69 Å². The van der Waals surface area contributed by atoms with E-state index < -0.39 is 0 Å². The molecule has 0 aliphatic rings. The highest BCUT2D eigenvalue weighted by atomic mass is 32.1. The molecule has 11 heavy (non-hydrogen) atoms. The fourth-order valence-electron chi connectivity index (χ4n) is 1.11. The maximum atomic E-state index is 5.58. The van der Waals surface area contributed by atoms with E-state index in [-0.39, 0.29) is 5.41 Å². The molecule has 2 N–H and O–H groups in total. The number of aromatic nitrogens is 1. The first-order valence-electron chi connectivity index (χ1n) is 3.64. The summed E-state index contributed by atoms with van der Waals surface area (Å²) >= 11 is 1.56. The minimum absolute atomic E-state index is 0.123. The molecule has 0 bridgehead atoms. The van der Waals surface area contributed by atoms with Crippen LogP contribution in [0.2, 0.25) is 0 Å². The number of hydrogen-bond donors (Lipinski definition) is 1. The van der Waals surface area contributed by atoms with Gasteiger partial charge in [0, 0.05) is 10.3 Å². The van der Waals surface area contributed by atoms with Crippen LogP contribution in [0, 0.1) is 6.92 Å². The van der Waals surface area contributed by atoms with Gasteiger partial charge >= 0.3 is 0 Å². The van der Waals surface area contributed by atoms with Gasteiger partial charge in [-0.15, -0.1) is 11.3 Å². The van der Waals surface area contributed by atoms with Crippen molar-refractivity contribution in [1.82, 2.24) is 4.98 Å². The highest BCUT2D eigenvalue weighted by Gasteiger charge is 2.19. The lowest BCUT2D eigenvalue weighted by Crippen LogP contribution is -2.13. The molecule has 0 amide bonds. The summed E-state index contributed by atoms with van der Waals surface area (Å²) in [6.45, 7) is 8.51. The van der Waals surface area contributed by atoms with E-state index in [9.17, 15) is 0 Å². The van der Waals surface area contributed by atoms with Gasteiger partial charge in [-0.1, -0.05) is 20.8 Å². The molecule has 1 aromatic heterocycles. The molecule has 1 rings (SSSR count). The fraction of sp³-hybridized carbons (Fsp3) is 0.625. The molecule has 62 valence electrons. The Morgan fingerprint density at radius 2 is 1.91 bits per heavy atom. The van der Waals surface area contributed by atoms with Gasteiger partial charge in [0.25, 0.3) is 0 Å². The van der Waals surface area contributed by atoms with Crippen LogP contribution in [0.1, 0.15) is 31.3 Å². The molecule has 0 atom stereocenters. The molecule has 0 aromatic carbocycles. The van der Waals surface area contributed by atoms with Crippen molar-refractivity contribution in [2.45, 2.75) is 33.1 Å². The van der Waals surface area contributed by atoms with Crippen LogP contribution in [0.5, 0.6) is 0 Å². The third kappa shape index (κ3) is 1.71. The van der Waals surface area contributed by atoms with Gasteiger partial charge < -0.3 is 5.73 Å². The van der Waals surface area contributed by atoms with Crippen molar-refractivity contribution >= 4 is 16.5 Å². The van der Waals surface area contributed by atoms with Crippen LogP contribution in [0.3, 0.4) is 0 Å². The maximum absolute atomic E-state index is 5.58. The summed E-state index contributed by atoms with van der Waals surface area (Å²) in [5, 5.41) is 0.674. The molecule has 0 aliphatic carbocycles. The van der Waals surface area contributed by atoms with Crippen LogP contribution in [-0.4, -0.2) is 4.98 Å². The van der Waals surface area contributed by atoms with Gasteiger partial charge in [-0.3, -0.25) is 0 Å². The summed E-state index contributed by atoms with van der Waals surface area (Å²) in [6.07, 6.45) is 0. The second kappa shape index (κ2) is 2.48. The molecule has 3 heteroatoms. The third-order valence-electron chi connectivity index (χ3n) is 1.52. The van der Waals surface area contributed by atoms with Crippen LogP contribution in [0.25, 0.3) is 0 Å². The van der Waals surface area contributed by atoms with Crippen LogP contribution < -0.4 is 5.73 Å². The highest BCUT2D eigenvalue weighted by Crippen LogP contribution is 2.29. The summed E-state index contributed by atoms with van der Waals surface area (Å²) in [7, 11) is 0. The van der Waals surface area contributed by atoms with E-state index >= 15 is 0 Å². The molecule has 0 aliphatic heterocycles. The normalized spacial score (nSPS) is 12.0. The molecule has 0 fully saturated rings. The zero-order valence-electron chi connectivity index (χ0n) is 7.43. The van der Waals surface area contributed by atoms with Crippen molar-refractivity contribution in [3.8, 4) is 0 Å². The minimum atomic E-state index is 0.123. The monoisotopic (exact) mass is 170 g/mol. The summed E-state index contributed by atoms with van der Waals surface area (Å²) in [5.41, 5.74) is 6.83. The standard InChI is InChI=1S/C8H14N2S/c1-5-6(8(2,3)4)10-7(9)11-5/h1-4H3,(H2,9,10). The maximum Gasteiger partial charge on any atom is 0.180 e. The molecule has 0 spiro atoms. The van der Waals surface area contributed by atoms with E-state index in [4.69, 9.17) is 5.73 Å². The number of rotatable bonds is 0. The molecule has 0 unspecified atom stereocenters. The lowest BCUT2D eigenvalue weighted by Gasteiger charge is -2.15. The number of nitrogen functional groups attached to an aromatic ring is 1. The van der Waals surface area contributed by atoms with Crippen molar-refractivity contribution in [3.63, 3.8) is 0 Å². The average Bonchev–Trinajstić information content (AvgIpc) is 2.08. The van der Waals surface area contributed by atoms with Gasteiger partial charge in [0.15, 0.2) is 5.13 Å². The van der Waals surface area contributed by atoms with Crippen molar-refractivity contribution in [2.75, 3.05) is 5.73 Å². The van der Waals surface area contributed by atoms with E-state index in [0.29, 0.717) is 5.13 Å². The van der Waals surface area contributed by atoms with Crippen LogP contribution in [0.15, 0.2) is 0 Å². The van der Waals surface area contributed by atoms with Gasteiger partial charge in [0.1, 0.15) is 0 Å². The van der Waals surface area contributed by atoms with Gasteiger partial charge in [-0.25, -0.2) is 4.98 Å². The zero-order chi connectivity index (χ0) is 8.65. The molecule has 0 saturated heterocycles. The van der Waals surface area contributed by atoms with Crippen molar-refractivity contribution in [3.05, 3.63) is 10.6 Å². The summed E-state index contributed by atoms with van der Waals surface area (Å²) in [5.74, 6) is 0. The predicted molar refractivity (Wildman–Crippen MR) is 50.0 cm³/mol. The van der Waals surface area contributed by atoms with Crippen molar-refractivity contribution in [2.24, 2.45) is 0 Å². The predicted octanol–water partition coefficient (Wildman–Crippen LogP) is 2.33. The minimum Gasteiger partial charge on any atom is -0.375 e. The van der Waals surface area contributed by atoms with Crippen molar-refractivity contribution < 1.29 is 0 Å². The second-order valence-electron chi connectivity index (χ2n) is 3.71. The summed E-state index contributed by atoms with van der Waals surface area (Å²) < 4.78 is 0. The van der Waals surface area contributed by atoms with Crippen LogP contribution in [-0.2, 0) is 5.41 Å². The Morgan fingerprint density at radius 1 is 1.36 bits per heavy atom. The van der Waals surface area contributed by atoms with E-state index in [1.807, 2.05) is 0 Å². The van der Waals surface area contributed by atoms with E-state index in [0.717, 1.165) is 5.69 Å². The Hall–Kier alpha value is -0.570. The smallest absolute Gasteiger partial charge is 0.180 e. The SMILES string of the molecule is Cc1sc(N)nc1C(C)(C)C. The Kier molecular flexibility index (Phi) is 1.92. The Morgan fingerprint density at radius 3 is 2.09 bits per heavy atom. The van der Waals surface area contributed by atoms with E-state index in [2.05, 4.69) is 32.7 Å². The number of anilines is 1. The lowest BCUT2D eigenvalue weighted by molar-refractivity contribution is 0.570. The van der Waals surface area contributed by atoms with Gasteiger partial charge in [0.2, 0.25) is 0 Å². The number of thiazole rings is 1. The molecule has 1 aromatic rings. The molecule has 0 saturated carbocycles. The summed E-state index contributed by atoms with van der Waals surface area (Å²) in [4.78, 5) is 5.51. The number of nitrogens with two attached hydrogens (primary N) is 1. The van der Waals surface area contributed by atoms with Crippen LogP contribution >= 0.6 is 11.3 Å². The first kappa shape index (κ1) is 8.53. The largest absolute Gasteiger partial charge is 0.375 e. The first-order valence-corrected chi connectivity index (χ1v) is 4.46. The lowest BCUT2D eigenvalue weighted by atomic mass is 9.92. The molecule has 2 nitrogen and oxygen atoms in total. The van der Waals surface area contributed by atoms with Gasteiger partial charge in [-0.2, -0.15) is 0 Å².